The van der Waals surface area contributed by atoms with E-state index in [9.17, 15) is 4.79 Å². The average molecular weight is 261 g/mol. The molecule has 1 saturated carbocycles. The van der Waals surface area contributed by atoms with Gasteiger partial charge in [0.25, 0.3) is 0 Å². The monoisotopic (exact) mass is 261 g/mol. The van der Waals surface area contributed by atoms with E-state index in [0.29, 0.717) is 6.04 Å². The van der Waals surface area contributed by atoms with Crippen molar-refractivity contribution in [2.24, 2.45) is 5.92 Å². The fourth-order valence-corrected chi connectivity index (χ4v) is 2.86. The largest absolute Gasteiger partial charge is 0.481 e. The fourth-order valence-electron chi connectivity index (χ4n) is 2.86. The molecule has 3 heteroatoms. The van der Waals surface area contributed by atoms with Crippen LogP contribution in [0, 0.1) is 19.8 Å². The zero-order chi connectivity index (χ0) is 13.8. The van der Waals surface area contributed by atoms with Crippen molar-refractivity contribution in [1.29, 1.82) is 0 Å². The molecule has 1 aliphatic rings. The number of aryl methyl sites for hydroxylation is 1. The molecule has 2 rings (SSSR count). The molecular weight excluding hydrogens is 238 g/mol. The van der Waals surface area contributed by atoms with Crippen LogP contribution in [0.15, 0.2) is 18.2 Å². The second-order valence-corrected chi connectivity index (χ2v) is 5.64. The highest BCUT2D eigenvalue weighted by molar-refractivity contribution is 5.70. The van der Waals surface area contributed by atoms with Gasteiger partial charge in [0.05, 0.1) is 5.92 Å². The number of benzene rings is 1. The van der Waals surface area contributed by atoms with Gasteiger partial charge in [-0.1, -0.05) is 24.6 Å². The molecule has 3 nitrogen and oxygen atoms in total. The lowest BCUT2D eigenvalue weighted by Crippen LogP contribution is -2.36. The minimum absolute atomic E-state index is 0.162. The molecule has 0 saturated heterocycles. The molecule has 1 aliphatic carbocycles. The van der Waals surface area contributed by atoms with Crippen molar-refractivity contribution in [2.75, 3.05) is 0 Å². The molecule has 2 atom stereocenters. The summed E-state index contributed by atoms with van der Waals surface area (Å²) in [6.07, 6.45) is 3.70. The smallest absolute Gasteiger partial charge is 0.306 e. The Morgan fingerprint density at radius 1 is 1.37 bits per heavy atom. The van der Waals surface area contributed by atoms with Gasteiger partial charge in [0, 0.05) is 12.6 Å². The van der Waals surface area contributed by atoms with Crippen LogP contribution in [0.3, 0.4) is 0 Å². The molecule has 19 heavy (non-hydrogen) atoms. The number of hydrogen-bond acceptors (Lipinski definition) is 2. The van der Waals surface area contributed by atoms with Crippen molar-refractivity contribution < 1.29 is 9.90 Å². The Balaban J connectivity index is 1.91. The summed E-state index contributed by atoms with van der Waals surface area (Å²) in [4.78, 5) is 11.0. The van der Waals surface area contributed by atoms with Gasteiger partial charge in [-0.25, -0.2) is 0 Å². The maximum Gasteiger partial charge on any atom is 0.306 e. The van der Waals surface area contributed by atoms with Crippen molar-refractivity contribution in [1.82, 2.24) is 5.32 Å². The zero-order valence-corrected chi connectivity index (χ0v) is 11.8. The lowest BCUT2D eigenvalue weighted by molar-refractivity contribution is -0.143. The van der Waals surface area contributed by atoms with Gasteiger partial charge >= 0.3 is 5.97 Å². The Bertz CT molecular complexity index is 456. The summed E-state index contributed by atoms with van der Waals surface area (Å²) in [6, 6.07) is 6.70. The van der Waals surface area contributed by atoms with Crippen molar-refractivity contribution in [2.45, 2.75) is 52.1 Å². The van der Waals surface area contributed by atoms with Gasteiger partial charge < -0.3 is 10.4 Å². The number of carboxylic acids is 1. The van der Waals surface area contributed by atoms with Crippen molar-refractivity contribution in [3.8, 4) is 0 Å². The van der Waals surface area contributed by atoms with Crippen molar-refractivity contribution in [3.05, 3.63) is 34.9 Å². The summed E-state index contributed by atoms with van der Waals surface area (Å²) in [5.74, 6) is -0.803. The Morgan fingerprint density at radius 3 is 2.89 bits per heavy atom. The highest BCUT2D eigenvalue weighted by Crippen LogP contribution is 2.25. The first-order valence-corrected chi connectivity index (χ1v) is 7.09. The molecule has 1 aromatic carbocycles. The molecule has 0 spiro atoms. The third-order valence-corrected chi connectivity index (χ3v) is 4.32. The van der Waals surface area contributed by atoms with E-state index in [1.54, 1.807) is 0 Å². The number of nitrogens with one attached hydrogen (secondary N) is 1. The molecule has 0 bridgehead atoms. The third-order valence-electron chi connectivity index (χ3n) is 4.32. The van der Waals surface area contributed by atoms with E-state index >= 15 is 0 Å². The second kappa shape index (κ2) is 6.20. The van der Waals surface area contributed by atoms with Gasteiger partial charge in [-0.05, 0) is 49.8 Å². The lowest BCUT2D eigenvalue weighted by Gasteiger charge is -2.27. The van der Waals surface area contributed by atoms with E-state index in [1.165, 1.54) is 16.7 Å². The Labute approximate surface area is 115 Å². The SMILES string of the molecule is Cc1cccc(CNC2CCCC(C(=O)O)C2)c1C. The summed E-state index contributed by atoms with van der Waals surface area (Å²) < 4.78 is 0. The molecule has 0 radical (unpaired) electrons. The molecule has 0 aliphatic heterocycles. The summed E-state index contributed by atoms with van der Waals surface area (Å²) in [5, 5.41) is 12.6. The third kappa shape index (κ3) is 3.57. The first-order chi connectivity index (χ1) is 9.08. The van der Waals surface area contributed by atoms with Gasteiger partial charge in [0.15, 0.2) is 0 Å². The van der Waals surface area contributed by atoms with E-state index in [-0.39, 0.29) is 5.92 Å². The minimum atomic E-state index is -0.641. The zero-order valence-electron chi connectivity index (χ0n) is 11.8. The molecular formula is C16H23NO2. The molecule has 2 unspecified atom stereocenters. The van der Waals surface area contributed by atoms with Gasteiger partial charge in [-0.3, -0.25) is 4.79 Å². The molecule has 1 fully saturated rings. The fraction of sp³-hybridized carbons (Fsp3) is 0.562. The Kier molecular flexibility index (Phi) is 4.59. The lowest BCUT2D eigenvalue weighted by atomic mass is 9.85. The number of carboxylic acid groups (broad SMARTS) is 1. The number of rotatable bonds is 4. The van der Waals surface area contributed by atoms with Gasteiger partial charge in [-0.2, -0.15) is 0 Å². The van der Waals surface area contributed by atoms with Crippen LogP contribution in [0.2, 0.25) is 0 Å². The number of hydrogen-bond donors (Lipinski definition) is 2. The van der Waals surface area contributed by atoms with E-state index in [2.05, 4.69) is 37.4 Å². The van der Waals surface area contributed by atoms with Crippen LogP contribution in [0.25, 0.3) is 0 Å². The quantitative estimate of drug-likeness (QED) is 0.876. The maximum absolute atomic E-state index is 11.0. The highest BCUT2D eigenvalue weighted by atomic mass is 16.4. The second-order valence-electron chi connectivity index (χ2n) is 5.64. The van der Waals surface area contributed by atoms with Gasteiger partial charge in [0.2, 0.25) is 0 Å². The van der Waals surface area contributed by atoms with E-state index in [4.69, 9.17) is 5.11 Å². The summed E-state index contributed by atoms with van der Waals surface area (Å²) in [7, 11) is 0. The Morgan fingerprint density at radius 2 is 2.16 bits per heavy atom. The topological polar surface area (TPSA) is 49.3 Å². The number of aliphatic carboxylic acids is 1. The predicted octanol–water partition coefficient (Wildman–Crippen LogP) is 3.04. The van der Waals surface area contributed by atoms with Crippen LogP contribution in [0.5, 0.6) is 0 Å². The molecule has 2 N–H and O–H groups in total. The summed E-state index contributed by atoms with van der Waals surface area (Å²) in [6.45, 7) is 5.11. The first-order valence-electron chi connectivity index (χ1n) is 7.09. The van der Waals surface area contributed by atoms with E-state index < -0.39 is 5.97 Å². The van der Waals surface area contributed by atoms with Crippen molar-refractivity contribution >= 4 is 5.97 Å². The molecule has 0 amide bonds. The number of carbonyl (C=O) groups is 1. The average Bonchev–Trinajstić information content (AvgIpc) is 2.41. The molecule has 0 heterocycles. The standard InChI is InChI=1S/C16H23NO2/c1-11-5-3-7-14(12(11)2)10-17-15-8-4-6-13(9-15)16(18)19/h3,5,7,13,15,17H,4,6,8-10H2,1-2H3,(H,18,19). The van der Waals surface area contributed by atoms with Crippen LogP contribution in [-0.2, 0) is 11.3 Å². The van der Waals surface area contributed by atoms with Crippen LogP contribution in [0.4, 0.5) is 0 Å². The Hall–Kier alpha value is -1.35. The van der Waals surface area contributed by atoms with Crippen LogP contribution in [0.1, 0.15) is 42.4 Å². The summed E-state index contributed by atoms with van der Waals surface area (Å²) >= 11 is 0. The predicted molar refractivity (Wildman–Crippen MR) is 76.1 cm³/mol. The molecule has 0 aromatic heterocycles. The first kappa shape index (κ1) is 14.1. The van der Waals surface area contributed by atoms with Crippen LogP contribution >= 0.6 is 0 Å². The molecule has 104 valence electrons. The van der Waals surface area contributed by atoms with Gasteiger partial charge in [0.1, 0.15) is 0 Å². The minimum Gasteiger partial charge on any atom is -0.481 e. The molecule has 1 aromatic rings. The van der Waals surface area contributed by atoms with Gasteiger partial charge in [-0.15, -0.1) is 0 Å². The maximum atomic E-state index is 11.0. The normalized spacial score (nSPS) is 23.3. The van der Waals surface area contributed by atoms with Crippen LogP contribution < -0.4 is 5.32 Å². The summed E-state index contributed by atoms with van der Waals surface area (Å²) in [5.41, 5.74) is 3.96. The van der Waals surface area contributed by atoms with E-state index in [0.717, 1.165) is 32.2 Å². The highest BCUT2D eigenvalue weighted by Gasteiger charge is 2.26. The van der Waals surface area contributed by atoms with Crippen LogP contribution in [-0.4, -0.2) is 17.1 Å². The van der Waals surface area contributed by atoms with Crippen molar-refractivity contribution in [3.63, 3.8) is 0 Å². The van der Waals surface area contributed by atoms with E-state index in [1.807, 2.05) is 0 Å².